The molecule has 0 atom stereocenters. The first-order valence-corrected chi connectivity index (χ1v) is 9.98. The third-order valence-electron chi connectivity index (χ3n) is 4.61. The maximum Gasteiger partial charge on any atom is 0.307 e. The summed E-state index contributed by atoms with van der Waals surface area (Å²) in [6, 6.07) is 18.5. The van der Waals surface area contributed by atoms with Gasteiger partial charge in [-0.3, -0.25) is 4.79 Å². The van der Waals surface area contributed by atoms with Crippen molar-refractivity contribution >= 4 is 34.7 Å². The van der Waals surface area contributed by atoms with E-state index in [1.165, 1.54) is 19.4 Å². The summed E-state index contributed by atoms with van der Waals surface area (Å²) in [5.74, 6) is -0.0810. The molecule has 162 valence electrons. The molecule has 1 N–H and O–H groups in total. The fourth-order valence-electron chi connectivity index (χ4n) is 3.03. The van der Waals surface area contributed by atoms with Crippen LogP contribution < -0.4 is 14.9 Å². The van der Waals surface area contributed by atoms with Crippen molar-refractivity contribution in [3.05, 3.63) is 94.5 Å². The molecule has 32 heavy (non-hydrogen) atoms. The van der Waals surface area contributed by atoms with E-state index >= 15 is 0 Å². The topological polar surface area (TPSA) is 73.1 Å². The van der Waals surface area contributed by atoms with Crippen LogP contribution in [0.2, 0.25) is 5.02 Å². The standard InChI is InChI=1S/C24H18ClFN2O4/c1-30-21-11-15(10-18(25)23(21)31-14-17-7-2-4-8-19(17)26)13-27-28-24(29)22-12-16-6-3-5-9-20(16)32-22/h2-13H,14H2,1H3,(H,28,29)/b27-13+. The van der Waals surface area contributed by atoms with Crippen molar-refractivity contribution < 1.29 is 23.1 Å². The van der Waals surface area contributed by atoms with Gasteiger partial charge in [-0.15, -0.1) is 0 Å². The zero-order valence-electron chi connectivity index (χ0n) is 17.0. The van der Waals surface area contributed by atoms with Crippen molar-refractivity contribution in [3.63, 3.8) is 0 Å². The van der Waals surface area contributed by atoms with E-state index in [4.69, 9.17) is 25.5 Å². The van der Waals surface area contributed by atoms with E-state index < -0.39 is 5.91 Å². The van der Waals surface area contributed by atoms with Crippen molar-refractivity contribution in [1.82, 2.24) is 5.43 Å². The Labute approximate surface area is 188 Å². The highest BCUT2D eigenvalue weighted by Gasteiger charge is 2.14. The third-order valence-corrected chi connectivity index (χ3v) is 4.89. The van der Waals surface area contributed by atoms with Gasteiger partial charge in [-0.1, -0.05) is 48.0 Å². The van der Waals surface area contributed by atoms with Crippen LogP contribution in [0.3, 0.4) is 0 Å². The molecule has 0 fully saturated rings. The molecule has 0 unspecified atom stereocenters. The Morgan fingerprint density at radius 3 is 2.72 bits per heavy atom. The van der Waals surface area contributed by atoms with Crippen LogP contribution in [0.15, 0.2) is 76.2 Å². The first-order chi connectivity index (χ1) is 15.5. The highest BCUT2D eigenvalue weighted by molar-refractivity contribution is 6.32. The summed E-state index contributed by atoms with van der Waals surface area (Å²) in [5, 5.41) is 5.03. The van der Waals surface area contributed by atoms with Crippen LogP contribution in [-0.2, 0) is 6.61 Å². The Bertz CT molecular complexity index is 1270. The number of hydrogen-bond acceptors (Lipinski definition) is 5. The van der Waals surface area contributed by atoms with E-state index in [-0.39, 0.29) is 29.0 Å². The number of hydrogen-bond donors (Lipinski definition) is 1. The number of hydrazone groups is 1. The summed E-state index contributed by atoms with van der Waals surface area (Å²) in [5.41, 5.74) is 3.99. The van der Waals surface area contributed by atoms with Gasteiger partial charge < -0.3 is 13.9 Å². The smallest absolute Gasteiger partial charge is 0.307 e. The van der Waals surface area contributed by atoms with Gasteiger partial charge in [0, 0.05) is 10.9 Å². The first-order valence-electron chi connectivity index (χ1n) is 9.61. The number of methoxy groups -OCH3 is 1. The molecule has 8 heteroatoms. The number of nitrogens with zero attached hydrogens (tertiary/aromatic N) is 1. The lowest BCUT2D eigenvalue weighted by atomic mass is 10.2. The number of benzene rings is 3. The number of ether oxygens (including phenoxy) is 2. The molecule has 1 amide bonds. The summed E-state index contributed by atoms with van der Waals surface area (Å²) in [6.45, 7) is -0.0102. The van der Waals surface area contributed by atoms with Gasteiger partial charge in [0.2, 0.25) is 0 Å². The normalized spacial score (nSPS) is 11.1. The van der Waals surface area contributed by atoms with Crippen molar-refractivity contribution in [1.29, 1.82) is 0 Å². The van der Waals surface area contributed by atoms with E-state index in [9.17, 15) is 9.18 Å². The van der Waals surface area contributed by atoms with Crippen LogP contribution in [0.1, 0.15) is 21.7 Å². The lowest BCUT2D eigenvalue weighted by Gasteiger charge is -2.13. The second-order valence-corrected chi connectivity index (χ2v) is 7.17. The zero-order valence-corrected chi connectivity index (χ0v) is 17.7. The molecule has 6 nitrogen and oxygen atoms in total. The van der Waals surface area contributed by atoms with E-state index in [0.717, 1.165) is 5.39 Å². The number of carbonyl (C=O) groups is 1. The van der Waals surface area contributed by atoms with Crippen LogP contribution in [-0.4, -0.2) is 19.2 Å². The number of nitrogens with one attached hydrogen (secondary N) is 1. The minimum atomic E-state index is -0.486. The SMILES string of the molecule is COc1cc(/C=N/NC(=O)c2cc3ccccc3o2)cc(Cl)c1OCc1ccccc1F. The number of fused-ring (bicyclic) bond motifs is 1. The Hall–Kier alpha value is -3.84. The minimum Gasteiger partial charge on any atom is -0.493 e. The fraction of sp³-hybridized carbons (Fsp3) is 0.0833. The maximum atomic E-state index is 13.8. The molecule has 4 rings (SSSR count). The second-order valence-electron chi connectivity index (χ2n) is 6.76. The Kier molecular flexibility index (Phi) is 6.37. The average molecular weight is 453 g/mol. The average Bonchev–Trinajstić information content (AvgIpc) is 3.23. The lowest BCUT2D eigenvalue weighted by Crippen LogP contribution is -2.16. The molecule has 3 aromatic carbocycles. The maximum absolute atomic E-state index is 13.8. The van der Waals surface area contributed by atoms with Gasteiger partial charge in [0.05, 0.1) is 18.3 Å². The summed E-state index contributed by atoms with van der Waals surface area (Å²) < 4.78 is 30.4. The van der Waals surface area contributed by atoms with Crippen LogP contribution >= 0.6 is 11.6 Å². The van der Waals surface area contributed by atoms with Gasteiger partial charge >= 0.3 is 5.91 Å². The number of amides is 1. The van der Waals surface area contributed by atoms with Crippen molar-refractivity contribution in [3.8, 4) is 11.5 Å². The molecule has 0 saturated heterocycles. The van der Waals surface area contributed by atoms with Gasteiger partial charge in [-0.25, -0.2) is 9.82 Å². The summed E-state index contributed by atoms with van der Waals surface area (Å²) in [7, 11) is 1.46. The minimum absolute atomic E-state index is 0.0102. The predicted molar refractivity (Wildman–Crippen MR) is 120 cm³/mol. The monoisotopic (exact) mass is 452 g/mol. The van der Waals surface area contributed by atoms with E-state index in [1.54, 1.807) is 42.5 Å². The molecule has 1 heterocycles. The van der Waals surface area contributed by atoms with Crippen LogP contribution in [0.4, 0.5) is 4.39 Å². The predicted octanol–water partition coefficient (Wildman–Crippen LogP) is 5.58. The van der Waals surface area contributed by atoms with Crippen LogP contribution in [0, 0.1) is 5.82 Å². The molecule has 0 aliphatic carbocycles. The number of halogens is 2. The Balaban J connectivity index is 1.45. The van der Waals surface area contributed by atoms with Crippen LogP contribution in [0.5, 0.6) is 11.5 Å². The summed E-state index contributed by atoms with van der Waals surface area (Å²) >= 11 is 6.34. The molecule has 0 aliphatic rings. The third kappa shape index (κ3) is 4.73. The molecule has 0 radical (unpaired) electrons. The van der Waals surface area contributed by atoms with Gasteiger partial charge in [0.15, 0.2) is 17.3 Å². The van der Waals surface area contributed by atoms with Gasteiger partial charge in [-0.2, -0.15) is 5.10 Å². The highest BCUT2D eigenvalue weighted by atomic mass is 35.5. The molecule has 0 aliphatic heterocycles. The lowest BCUT2D eigenvalue weighted by molar-refractivity contribution is 0.0929. The largest absolute Gasteiger partial charge is 0.493 e. The molecule has 0 saturated carbocycles. The van der Waals surface area contributed by atoms with Gasteiger partial charge in [0.25, 0.3) is 0 Å². The number of rotatable bonds is 7. The van der Waals surface area contributed by atoms with Gasteiger partial charge in [-0.05, 0) is 35.9 Å². The quantitative estimate of drug-likeness (QED) is 0.293. The molecule has 0 spiro atoms. The second kappa shape index (κ2) is 9.53. The molecule has 1 aromatic heterocycles. The summed E-state index contributed by atoms with van der Waals surface area (Å²) in [4.78, 5) is 12.3. The van der Waals surface area contributed by atoms with Crippen molar-refractivity contribution in [2.45, 2.75) is 6.61 Å². The van der Waals surface area contributed by atoms with E-state index in [2.05, 4.69) is 10.5 Å². The first kappa shape index (κ1) is 21.4. The Morgan fingerprint density at radius 1 is 1.16 bits per heavy atom. The fourth-order valence-corrected chi connectivity index (χ4v) is 3.31. The van der Waals surface area contributed by atoms with Gasteiger partial charge in [0.1, 0.15) is 18.0 Å². The molecule has 4 aromatic rings. The van der Waals surface area contributed by atoms with Crippen molar-refractivity contribution in [2.24, 2.45) is 5.10 Å². The highest BCUT2D eigenvalue weighted by Crippen LogP contribution is 2.36. The molecular weight excluding hydrogens is 435 g/mol. The van der Waals surface area contributed by atoms with E-state index in [0.29, 0.717) is 22.5 Å². The number of para-hydroxylation sites is 1. The Morgan fingerprint density at radius 2 is 1.94 bits per heavy atom. The zero-order chi connectivity index (χ0) is 22.5. The number of carbonyl (C=O) groups excluding carboxylic acids is 1. The van der Waals surface area contributed by atoms with Crippen LogP contribution in [0.25, 0.3) is 11.0 Å². The number of furan rings is 1. The molecule has 0 bridgehead atoms. The molecular formula is C24H18ClFN2O4. The summed E-state index contributed by atoms with van der Waals surface area (Å²) in [6.07, 6.45) is 1.41. The van der Waals surface area contributed by atoms with E-state index in [1.807, 2.05) is 18.2 Å². The van der Waals surface area contributed by atoms with Crippen molar-refractivity contribution in [2.75, 3.05) is 7.11 Å².